The van der Waals surface area contributed by atoms with Crippen molar-refractivity contribution < 1.29 is 53.1 Å². The van der Waals surface area contributed by atoms with E-state index in [4.69, 9.17) is 0 Å². The first-order valence-electron chi connectivity index (χ1n) is 11.0. The van der Waals surface area contributed by atoms with Crippen molar-refractivity contribution in [1.82, 2.24) is 0 Å². The van der Waals surface area contributed by atoms with Gasteiger partial charge in [0.1, 0.15) is 0 Å². The molecule has 2 N–H and O–H groups in total. The number of rotatable bonds is 7. The fraction of sp³-hybridized carbons (Fsp3) is 0.240. The molecule has 0 unspecified atom stereocenters. The summed E-state index contributed by atoms with van der Waals surface area (Å²) in [6, 6.07) is 11.5. The minimum absolute atomic E-state index is 0.121. The molecule has 15 heteroatoms. The van der Waals surface area contributed by atoms with Crippen LogP contribution in [0.25, 0.3) is 0 Å². The Balaban J connectivity index is 1.97. The van der Waals surface area contributed by atoms with Gasteiger partial charge in [0.15, 0.2) is 5.82 Å². The van der Waals surface area contributed by atoms with Gasteiger partial charge >= 0.3 is 24.2 Å². The maximum atomic E-state index is 15.0. The predicted octanol–water partition coefficient (Wildman–Crippen LogP) is 8.65. The van der Waals surface area contributed by atoms with Crippen molar-refractivity contribution in [1.29, 1.82) is 0 Å². The number of hydrogen-bond acceptors (Lipinski definition) is 2. The number of nitrogens with one attached hydrogen (secondary N) is 2. The van der Waals surface area contributed by atoms with E-state index in [-0.39, 0.29) is 18.3 Å². The van der Waals surface area contributed by atoms with E-state index in [1.807, 2.05) is 12.1 Å². The first-order chi connectivity index (χ1) is 18.4. The lowest BCUT2D eigenvalue weighted by Gasteiger charge is -2.31. The smallest absolute Gasteiger partial charge is 0.382 e. The van der Waals surface area contributed by atoms with Gasteiger partial charge < -0.3 is 10.6 Å². The van der Waals surface area contributed by atoms with Gasteiger partial charge in [-0.05, 0) is 58.8 Å². The van der Waals surface area contributed by atoms with Crippen molar-refractivity contribution in [3.63, 3.8) is 0 Å². The van der Waals surface area contributed by atoms with E-state index in [2.05, 4.69) is 5.32 Å². The van der Waals surface area contributed by atoms with Gasteiger partial charge in [-0.3, -0.25) is 4.79 Å². The largest absolute Gasteiger partial charge is 0.435 e. The van der Waals surface area contributed by atoms with E-state index in [0.29, 0.717) is 6.42 Å². The summed E-state index contributed by atoms with van der Waals surface area (Å²) in [5.41, 5.74) is -12.1. The number of alkyl halides is 10. The summed E-state index contributed by atoms with van der Waals surface area (Å²) >= 11 is 0.918. The Morgan fingerprint density at radius 1 is 0.800 bits per heavy atom. The second-order valence-electron chi connectivity index (χ2n) is 8.32. The zero-order valence-corrected chi connectivity index (χ0v) is 21.8. The molecule has 0 heterocycles. The molecule has 0 saturated heterocycles. The number of hydrogen-bond donors (Lipinski definition) is 2. The van der Waals surface area contributed by atoms with Crippen LogP contribution >= 0.6 is 22.6 Å². The van der Waals surface area contributed by atoms with Gasteiger partial charge in [0.05, 0.1) is 22.5 Å². The lowest BCUT2D eigenvalue weighted by Crippen LogP contribution is -2.50. The highest BCUT2D eigenvalue weighted by atomic mass is 127. The Kier molecular flexibility index (Phi) is 8.96. The minimum atomic E-state index is -6.67. The number of carbonyl (C=O) groups excluding carboxylic acids is 1. The molecule has 0 aliphatic carbocycles. The molecular weight excluding hydrogens is 680 g/mol. The number of benzene rings is 3. The molecule has 3 aromatic carbocycles. The number of carbonyl (C=O) groups is 1. The van der Waals surface area contributed by atoms with Gasteiger partial charge in [-0.25, -0.2) is 8.78 Å². The lowest BCUT2D eigenvalue weighted by atomic mass is 9.92. The molecule has 3 nitrogen and oxygen atoms in total. The Morgan fingerprint density at radius 2 is 1.40 bits per heavy atom. The average molecular weight is 696 g/mol. The van der Waals surface area contributed by atoms with Gasteiger partial charge in [-0.15, -0.1) is 0 Å². The normalized spacial score (nSPS) is 12.8. The Hall–Kier alpha value is -3.11. The van der Waals surface area contributed by atoms with Crippen molar-refractivity contribution >= 4 is 39.9 Å². The molecule has 1 amide bonds. The molecule has 0 fully saturated rings. The lowest BCUT2D eigenvalue weighted by molar-refractivity contribution is -0.348. The van der Waals surface area contributed by atoms with Crippen LogP contribution in [-0.4, -0.2) is 24.8 Å². The van der Waals surface area contributed by atoms with Gasteiger partial charge in [-0.1, -0.05) is 36.4 Å². The summed E-state index contributed by atoms with van der Waals surface area (Å²) in [6.07, 6.45) is -18.5. The second-order valence-corrected chi connectivity index (χ2v) is 9.48. The third-order valence-electron chi connectivity index (χ3n) is 5.63. The summed E-state index contributed by atoms with van der Waals surface area (Å²) in [4.78, 5) is 12.7. The van der Waals surface area contributed by atoms with Crippen LogP contribution in [-0.2, 0) is 18.3 Å². The third-order valence-corrected chi connectivity index (χ3v) is 6.48. The van der Waals surface area contributed by atoms with Crippen LogP contribution in [0, 0.1) is 9.39 Å². The fourth-order valence-electron chi connectivity index (χ4n) is 3.66. The number of halogens is 12. The maximum absolute atomic E-state index is 15.0. The van der Waals surface area contributed by atoms with Crippen LogP contribution in [0.1, 0.15) is 27.0 Å². The van der Waals surface area contributed by atoms with Crippen molar-refractivity contribution in [3.05, 3.63) is 92.3 Å². The standard InChI is InChI=1S/C25H16F11IN2O/c26-19-15(7-4-8-18(19)38-10-9-13-5-2-1-3-6-13)21(40)39-20-16(23(28,29)30)11-14(12-17(20)37)22(27,24(31,32)33)25(34,35)36/h1-8,11-12,38H,9-10H2,(H,39,40). The first kappa shape index (κ1) is 31.4. The highest BCUT2D eigenvalue weighted by Crippen LogP contribution is 2.54. The molecule has 0 radical (unpaired) electrons. The summed E-state index contributed by atoms with van der Waals surface area (Å²) < 4.78 is 149. The molecule has 3 aromatic rings. The number of amides is 1. The van der Waals surface area contributed by atoms with Crippen molar-refractivity contribution in [2.24, 2.45) is 0 Å². The van der Waals surface area contributed by atoms with Crippen LogP contribution in [0.2, 0.25) is 0 Å². The van der Waals surface area contributed by atoms with Crippen molar-refractivity contribution in [2.75, 3.05) is 17.2 Å². The zero-order chi connectivity index (χ0) is 30.1. The van der Waals surface area contributed by atoms with Crippen LogP contribution < -0.4 is 10.6 Å². The Morgan fingerprint density at radius 3 is 1.95 bits per heavy atom. The fourth-order valence-corrected chi connectivity index (χ4v) is 4.42. The van der Waals surface area contributed by atoms with Gasteiger partial charge in [-0.2, -0.15) is 39.5 Å². The topological polar surface area (TPSA) is 41.1 Å². The molecule has 40 heavy (non-hydrogen) atoms. The molecule has 0 atom stereocenters. The van der Waals surface area contributed by atoms with Gasteiger partial charge in [0, 0.05) is 15.7 Å². The maximum Gasteiger partial charge on any atom is 0.435 e. The summed E-state index contributed by atoms with van der Waals surface area (Å²) in [7, 11) is 0. The Bertz CT molecular complexity index is 1360. The number of anilines is 2. The molecule has 0 spiro atoms. The zero-order valence-electron chi connectivity index (χ0n) is 19.6. The van der Waals surface area contributed by atoms with E-state index in [9.17, 15) is 48.7 Å². The van der Waals surface area contributed by atoms with Crippen molar-refractivity contribution in [3.8, 4) is 0 Å². The van der Waals surface area contributed by atoms with Gasteiger partial charge in [0.2, 0.25) is 0 Å². The van der Waals surface area contributed by atoms with E-state index >= 15 is 4.39 Å². The summed E-state index contributed by atoms with van der Waals surface area (Å²) in [6.45, 7) is 0.201. The highest BCUT2D eigenvalue weighted by molar-refractivity contribution is 14.1. The van der Waals surface area contributed by atoms with Crippen molar-refractivity contribution in [2.45, 2.75) is 30.6 Å². The van der Waals surface area contributed by atoms with E-state index < -0.39 is 67.9 Å². The van der Waals surface area contributed by atoms with Crippen LogP contribution in [0.4, 0.5) is 59.7 Å². The summed E-state index contributed by atoms with van der Waals surface area (Å²) in [5, 5.41) is 4.42. The van der Waals surface area contributed by atoms with Gasteiger partial charge in [0.25, 0.3) is 5.91 Å². The SMILES string of the molecule is O=C(Nc1c(I)cc(C(F)(C(F)(F)F)C(F)(F)F)cc1C(F)(F)F)c1cccc(NCCc2ccccc2)c1F. The molecule has 0 saturated carbocycles. The van der Waals surface area contributed by atoms with Crippen LogP contribution in [0.5, 0.6) is 0 Å². The van der Waals surface area contributed by atoms with E-state index in [0.717, 1.165) is 34.2 Å². The monoisotopic (exact) mass is 696 g/mol. The van der Waals surface area contributed by atoms with Crippen LogP contribution in [0.3, 0.4) is 0 Å². The molecule has 0 aliphatic heterocycles. The first-order valence-corrected chi connectivity index (χ1v) is 12.1. The Labute approximate surface area is 232 Å². The summed E-state index contributed by atoms with van der Waals surface area (Å²) in [5.74, 6) is -2.66. The minimum Gasteiger partial charge on any atom is -0.382 e. The predicted molar refractivity (Wildman–Crippen MR) is 132 cm³/mol. The molecule has 0 aliphatic rings. The molecule has 216 valence electrons. The van der Waals surface area contributed by atoms with Crippen LogP contribution in [0.15, 0.2) is 60.7 Å². The van der Waals surface area contributed by atoms with E-state index in [1.54, 1.807) is 23.5 Å². The van der Waals surface area contributed by atoms with E-state index in [1.165, 1.54) is 12.1 Å². The third kappa shape index (κ3) is 6.44. The molecular formula is C25H16F11IN2O. The quantitative estimate of drug-likeness (QED) is 0.192. The second kappa shape index (κ2) is 11.4. The molecule has 0 aromatic heterocycles. The highest BCUT2D eigenvalue weighted by Gasteiger charge is 2.73. The molecule has 0 bridgehead atoms. The molecule has 3 rings (SSSR count). The average Bonchev–Trinajstić information content (AvgIpc) is 2.84.